The van der Waals surface area contributed by atoms with Crippen LogP contribution in [0.2, 0.25) is 0 Å². The lowest BCUT2D eigenvalue weighted by atomic mass is 9.89. The van der Waals surface area contributed by atoms with Crippen molar-refractivity contribution in [1.82, 2.24) is 0 Å². The molecule has 1 aliphatic carbocycles. The van der Waals surface area contributed by atoms with Crippen LogP contribution in [0.3, 0.4) is 0 Å². The van der Waals surface area contributed by atoms with Gasteiger partial charge in [-0.05, 0) is 25.0 Å². The summed E-state index contributed by atoms with van der Waals surface area (Å²) in [5.41, 5.74) is 0.750. The first-order valence-corrected chi connectivity index (χ1v) is 6.82. The molecule has 0 heterocycles. The average Bonchev–Trinajstić information content (AvgIpc) is 2.47. The first-order chi connectivity index (χ1) is 9.25. The number of hydrogen-bond donors (Lipinski definition) is 2. The highest BCUT2D eigenvalue weighted by Gasteiger charge is 2.19. The van der Waals surface area contributed by atoms with Crippen LogP contribution in [0.5, 0.6) is 0 Å². The molecular weight excluding hydrogens is 240 g/mol. The van der Waals surface area contributed by atoms with Gasteiger partial charge in [-0.2, -0.15) is 0 Å². The first-order valence-electron chi connectivity index (χ1n) is 6.82. The third-order valence-corrected chi connectivity index (χ3v) is 3.39. The van der Waals surface area contributed by atoms with E-state index >= 15 is 0 Å². The molecule has 0 spiro atoms. The summed E-state index contributed by atoms with van der Waals surface area (Å²) in [5.74, 6) is 0.257. The predicted octanol–water partition coefficient (Wildman–Crippen LogP) is 3.20. The van der Waals surface area contributed by atoms with Crippen molar-refractivity contribution in [3.63, 3.8) is 0 Å². The van der Waals surface area contributed by atoms with Crippen LogP contribution in [0.25, 0.3) is 0 Å². The lowest BCUT2D eigenvalue weighted by molar-refractivity contribution is -0.118. The van der Waals surface area contributed by atoms with E-state index < -0.39 is 0 Å². The number of amides is 1. The van der Waals surface area contributed by atoms with Gasteiger partial charge in [0.25, 0.3) is 5.91 Å². The summed E-state index contributed by atoms with van der Waals surface area (Å²) in [7, 11) is 0. The summed E-state index contributed by atoms with van der Waals surface area (Å²) in [6.07, 6.45) is 5.59. The van der Waals surface area contributed by atoms with Crippen molar-refractivity contribution >= 4 is 17.5 Å². The fourth-order valence-electron chi connectivity index (χ4n) is 2.34. The predicted molar refractivity (Wildman–Crippen MR) is 75.3 cm³/mol. The molecule has 1 aliphatic rings. The summed E-state index contributed by atoms with van der Waals surface area (Å²) < 4.78 is 5.29. The highest BCUT2D eigenvalue weighted by Crippen LogP contribution is 2.24. The summed E-state index contributed by atoms with van der Waals surface area (Å²) >= 11 is 0. The van der Waals surface area contributed by atoms with Gasteiger partial charge in [0, 0.05) is 11.6 Å². The number of benzene rings is 1. The second-order valence-electron chi connectivity index (χ2n) is 4.90. The number of nitrogens with one attached hydrogen (secondary N) is 2. The van der Waals surface area contributed by atoms with Crippen molar-refractivity contribution in [2.24, 2.45) is 5.92 Å². The number of carbonyl (C=O) groups excluding carboxylic acids is 1. The van der Waals surface area contributed by atoms with Gasteiger partial charge in [0.1, 0.15) is 0 Å². The van der Waals surface area contributed by atoms with E-state index in [0.717, 1.165) is 31.4 Å². The van der Waals surface area contributed by atoms with E-state index in [-0.39, 0.29) is 24.3 Å². The SMILES string of the molecule is N=C(OCC(=O)Nc1ccccc1)C1CCCCC1. The van der Waals surface area contributed by atoms with Gasteiger partial charge in [-0.3, -0.25) is 10.2 Å². The van der Waals surface area contributed by atoms with Gasteiger partial charge in [0.05, 0.1) is 0 Å². The van der Waals surface area contributed by atoms with Crippen molar-refractivity contribution < 1.29 is 9.53 Å². The zero-order valence-corrected chi connectivity index (χ0v) is 11.0. The van der Waals surface area contributed by atoms with Gasteiger partial charge in [0.15, 0.2) is 12.5 Å². The van der Waals surface area contributed by atoms with E-state index in [1.165, 1.54) is 6.42 Å². The van der Waals surface area contributed by atoms with Crippen molar-refractivity contribution in [3.05, 3.63) is 30.3 Å². The normalized spacial score (nSPS) is 15.8. The van der Waals surface area contributed by atoms with Crippen LogP contribution >= 0.6 is 0 Å². The summed E-state index contributed by atoms with van der Waals surface area (Å²) in [5, 5.41) is 10.6. The largest absolute Gasteiger partial charge is 0.471 e. The summed E-state index contributed by atoms with van der Waals surface area (Å²) in [4.78, 5) is 11.7. The Bertz CT molecular complexity index is 425. The molecule has 1 aromatic rings. The Kier molecular flexibility index (Phi) is 4.95. The molecule has 4 nitrogen and oxygen atoms in total. The molecule has 1 saturated carbocycles. The molecule has 0 unspecified atom stereocenters. The lowest BCUT2D eigenvalue weighted by Gasteiger charge is -2.21. The molecule has 1 aromatic carbocycles. The minimum absolute atomic E-state index is 0.0791. The van der Waals surface area contributed by atoms with E-state index in [9.17, 15) is 4.79 Å². The molecule has 2 rings (SSSR count). The molecule has 19 heavy (non-hydrogen) atoms. The molecule has 0 radical (unpaired) electrons. The Labute approximate surface area is 113 Å². The van der Waals surface area contributed by atoms with Gasteiger partial charge < -0.3 is 10.1 Å². The number of anilines is 1. The Hall–Kier alpha value is -1.84. The number of rotatable bonds is 4. The standard InChI is InChI=1S/C15H20N2O2/c16-15(12-7-3-1-4-8-12)19-11-14(18)17-13-9-5-2-6-10-13/h2,5-6,9-10,12,16H,1,3-4,7-8,11H2,(H,17,18). The highest BCUT2D eigenvalue weighted by molar-refractivity contribution is 5.93. The van der Waals surface area contributed by atoms with Crippen molar-refractivity contribution in [2.75, 3.05) is 11.9 Å². The minimum atomic E-state index is -0.216. The molecule has 1 fully saturated rings. The van der Waals surface area contributed by atoms with Crippen LogP contribution in [0, 0.1) is 11.3 Å². The van der Waals surface area contributed by atoms with Gasteiger partial charge >= 0.3 is 0 Å². The molecule has 0 atom stereocenters. The maximum Gasteiger partial charge on any atom is 0.262 e. The Morgan fingerprint density at radius 2 is 1.89 bits per heavy atom. The third kappa shape index (κ3) is 4.39. The van der Waals surface area contributed by atoms with Gasteiger partial charge in [-0.1, -0.05) is 37.5 Å². The fourth-order valence-corrected chi connectivity index (χ4v) is 2.34. The lowest BCUT2D eigenvalue weighted by Crippen LogP contribution is -2.25. The van der Waals surface area contributed by atoms with Crippen LogP contribution in [0.15, 0.2) is 30.3 Å². The maximum atomic E-state index is 11.7. The molecule has 0 aromatic heterocycles. The topological polar surface area (TPSA) is 62.2 Å². The van der Waals surface area contributed by atoms with Crippen LogP contribution in [-0.4, -0.2) is 18.4 Å². The molecule has 0 saturated heterocycles. The first kappa shape index (κ1) is 13.6. The summed E-state index contributed by atoms with van der Waals surface area (Å²) in [6, 6.07) is 9.26. The molecule has 4 heteroatoms. The molecular formula is C15H20N2O2. The number of carbonyl (C=O) groups is 1. The van der Waals surface area contributed by atoms with Crippen LogP contribution in [-0.2, 0) is 9.53 Å². The van der Waals surface area contributed by atoms with Crippen LogP contribution in [0.1, 0.15) is 32.1 Å². The van der Waals surface area contributed by atoms with E-state index in [2.05, 4.69) is 5.32 Å². The molecule has 2 N–H and O–H groups in total. The second-order valence-corrected chi connectivity index (χ2v) is 4.90. The van der Waals surface area contributed by atoms with Gasteiger partial charge in [0.2, 0.25) is 0 Å². The van der Waals surface area contributed by atoms with Gasteiger partial charge in [-0.15, -0.1) is 0 Å². The van der Waals surface area contributed by atoms with Gasteiger partial charge in [-0.25, -0.2) is 0 Å². The zero-order valence-electron chi connectivity index (χ0n) is 11.0. The van der Waals surface area contributed by atoms with E-state index in [1.807, 2.05) is 30.3 Å². The molecule has 1 amide bonds. The van der Waals surface area contributed by atoms with Crippen LogP contribution < -0.4 is 5.32 Å². The van der Waals surface area contributed by atoms with E-state index in [1.54, 1.807) is 0 Å². The number of ether oxygens (including phenoxy) is 1. The fraction of sp³-hybridized carbons (Fsp3) is 0.467. The highest BCUT2D eigenvalue weighted by atomic mass is 16.5. The van der Waals surface area contributed by atoms with Crippen molar-refractivity contribution in [1.29, 1.82) is 5.41 Å². The Morgan fingerprint density at radius 1 is 1.21 bits per heavy atom. The molecule has 102 valence electrons. The van der Waals surface area contributed by atoms with E-state index in [0.29, 0.717) is 0 Å². The maximum absolute atomic E-state index is 11.7. The Balaban J connectivity index is 1.72. The molecule has 0 bridgehead atoms. The molecule has 0 aliphatic heterocycles. The quantitative estimate of drug-likeness (QED) is 0.645. The van der Waals surface area contributed by atoms with E-state index in [4.69, 9.17) is 10.1 Å². The second kappa shape index (κ2) is 6.92. The minimum Gasteiger partial charge on any atom is -0.471 e. The Morgan fingerprint density at radius 3 is 2.58 bits per heavy atom. The van der Waals surface area contributed by atoms with Crippen molar-refractivity contribution in [3.8, 4) is 0 Å². The zero-order chi connectivity index (χ0) is 13.5. The summed E-state index contributed by atoms with van der Waals surface area (Å²) in [6.45, 7) is -0.0791. The number of para-hydroxylation sites is 1. The average molecular weight is 260 g/mol. The third-order valence-electron chi connectivity index (χ3n) is 3.39. The van der Waals surface area contributed by atoms with Crippen LogP contribution in [0.4, 0.5) is 5.69 Å². The number of hydrogen-bond acceptors (Lipinski definition) is 3. The van der Waals surface area contributed by atoms with Crippen molar-refractivity contribution in [2.45, 2.75) is 32.1 Å². The smallest absolute Gasteiger partial charge is 0.262 e. The monoisotopic (exact) mass is 260 g/mol.